The van der Waals surface area contributed by atoms with Gasteiger partial charge in [0.05, 0.1) is 23.7 Å². The lowest BCUT2D eigenvalue weighted by atomic mass is 9.96. The molecule has 0 saturated heterocycles. The van der Waals surface area contributed by atoms with Crippen LogP contribution in [-0.2, 0) is 13.3 Å². The molecule has 178 valence electrons. The summed E-state index contributed by atoms with van der Waals surface area (Å²) in [6, 6.07) is 22.4. The van der Waals surface area contributed by atoms with Crippen molar-refractivity contribution in [3.05, 3.63) is 115 Å². The van der Waals surface area contributed by atoms with E-state index in [1.807, 2.05) is 0 Å². The number of rotatable bonds is 5. The van der Waals surface area contributed by atoms with Gasteiger partial charge < -0.3 is 5.11 Å². The summed E-state index contributed by atoms with van der Waals surface area (Å²) in [7, 11) is 0. The Morgan fingerprint density at radius 3 is 1.92 bits per heavy atom. The summed E-state index contributed by atoms with van der Waals surface area (Å²) in [6.45, 7) is -0.637. The first-order valence-corrected chi connectivity index (χ1v) is 11.6. The van der Waals surface area contributed by atoms with Crippen LogP contribution in [0.4, 0.5) is 0 Å². The number of aromatic nitrogens is 4. The molecule has 0 aliphatic carbocycles. The standard InChI is InChI=1S/C26H17Cl2N5O3/c27-20-9-5-18(6-10-20)22-23(19-7-11-21(28)12-8-19)25(35)32(14-17-3-1-16(13-29)2-4-17)33-24(22)30-31(15-34)26(33)36/h1-12,34H,14-15H2. The quantitative estimate of drug-likeness (QED) is 0.376. The molecule has 0 fully saturated rings. The molecule has 36 heavy (non-hydrogen) atoms. The highest BCUT2D eigenvalue weighted by molar-refractivity contribution is 6.31. The van der Waals surface area contributed by atoms with Gasteiger partial charge in [-0.3, -0.25) is 4.79 Å². The number of aliphatic hydroxyl groups is 1. The van der Waals surface area contributed by atoms with Crippen molar-refractivity contribution in [2.45, 2.75) is 13.3 Å². The number of halogens is 2. The summed E-state index contributed by atoms with van der Waals surface area (Å²) in [5.74, 6) is 0. The molecule has 5 aromatic rings. The highest BCUT2D eigenvalue weighted by Crippen LogP contribution is 2.33. The van der Waals surface area contributed by atoms with Gasteiger partial charge in [0, 0.05) is 15.6 Å². The SMILES string of the molecule is N#Cc1ccc(Cn2c(=O)c(-c3ccc(Cl)cc3)c(-c3ccc(Cl)cc3)c3nn(CO)c(=O)n32)cc1. The molecular weight excluding hydrogens is 501 g/mol. The largest absolute Gasteiger partial charge is 0.374 e. The fraction of sp³-hybridized carbons (Fsp3) is 0.0769. The fourth-order valence-electron chi connectivity index (χ4n) is 4.08. The van der Waals surface area contributed by atoms with Crippen molar-refractivity contribution in [2.75, 3.05) is 0 Å². The lowest BCUT2D eigenvalue weighted by Gasteiger charge is -2.16. The van der Waals surface area contributed by atoms with Crippen LogP contribution in [-0.4, -0.2) is 24.1 Å². The van der Waals surface area contributed by atoms with Crippen molar-refractivity contribution in [1.82, 2.24) is 19.0 Å². The van der Waals surface area contributed by atoms with Gasteiger partial charge in [-0.25, -0.2) is 9.48 Å². The van der Waals surface area contributed by atoms with Crippen LogP contribution in [0.5, 0.6) is 0 Å². The molecule has 8 nitrogen and oxygen atoms in total. The molecular formula is C26H17Cl2N5O3. The Hall–Kier alpha value is -4.16. The minimum Gasteiger partial charge on any atom is -0.374 e. The minimum atomic E-state index is -0.670. The van der Waals surface area contributed by atoms with Gasteiger partial charge in [-0.2, -0.15) is 14.5 Å². The second kappa shape index (κ2) is 9.47. The predicted molar refractivity (Wildman–Crippen MR) is 137 cm³/mol. The zero-order valence-electron chi connectivity index (χ0n) is 18.6. The molecule has 0 radical (unpaired) electrons. The molecule has 0 saturated carbocycles. The maximum atomic E-state index is 14.1. The zero-order valence-corrected chi connectivity index (χ0v) is 20.1. The molecule has 10 heteroatoms. The van der Waals surface area contributed by atoms with Crippen LogP contribution < -0.4 is 11.2 Å². The Bertz CT molecular complexity index is 1740. The first kappa shape index (κ1) is 23.6. The maximum absolute atomic E-state index is 14.1. The number of hydrogen-bond donors (Lipinski definition) is 1. The summed E-state index contributed by atoms with van der Waals surface area (Å²) in [4.78, 5) is 27.3. The molecule has 3 aromatic carbocycles. The molecule has 0 bridgehead atoms. The topological polar surface area (TPSA) is 105 Å². The number of aliphatic hydroxyl groups excluding tert-OH is 1. The number of fused-ring (bicyclic) bond motifs is 1. The minimum absolute atomic E-state index is 0.0273. The Balaban J connectivity index is 1.89. The van der Waals surface area contributed by atoms with Crippen LogP contribution in [0.2, 0.25) is 10.0 Å². The lowest BCUT2D eigenvalue weighted by molar-refractivity contribution is 0.190. The highest BCUT2D eigenvalue weighted by Gasteiger charge is 2.24. The van der Waals surface area contributed by atoms with Crippen molar-refractivity contribution >= 4 is 28.8 Å². The summed E-state index contributed by atoms with van der Waals surface area (Å²) in [6.07, 6.45) is 0. The van der Waals surface area contributed by atoms with Crippen molar-refractivity contribution in [2.24, 2.45) is 0 Å². The Morgan fingerprint density at radius 1 is 0.833 bits per heavy atom. The van der Waals surface area contributed by atoms with E-state index in [1.54, 1.807) is 72.8 Å². The van der Waals surface area contributed by atoms with E-state index in [1.165, 1.54) is 9.20 Å². The summed E-state index contributed by atoms with van der Waals surface area (Å²) in [5, 5.41) is 24.3. The number of nitriles is 1. The summed E-state index contributed by atoms with van der Waals surface area (Å²) < 4.78 is 3.33. The monoisotopic (exact) mass is 517 g/mol. The number of hydrogen-bond acceptors (Lipinski definition) is 5. The molecule has 0 atom stereocenters. The first-order chi connectivity index (χ1) is 17.4. The van der Waals surface area contributed by atoms with Crippen molar-refractivity contribution in [3.8, 4) is 28.3 Å². The fourth-order valence-corrected chi connectivity index (χ4v) is 4.33. The van der Waals surface area contributed by atoms with Gasteiger partial charge in [0.1, 0.15) is 6.73 Å². The van der Waals surface area contributed by atoms with E-state index in [-0.39, 0.29) is 12.2 Å². The van der Waals surface area contributed by atoms with Gasteiger partial charge >= 0.3 is 5.69 Å². The van der Waals surface area contributed by atoms with Crippen LogP contribution in [0.1, 0.15) is 11.1 Å². The third kappa shape index (κ3) is 4.10. The van der Waals surface area contributed by atoms with Crippen LogP contribution in [0.3, 0.4) is 0 Å². The Labute approximate surface area is 214 Å². The Kier molecular flexibility index (Phi) is 6.20. The van der Waals surface area contributed by atoms with Crippen LogP contribution in [0.25, 0.3) is 27.9 Å². The molecule has 1 N–H and O–H groups in total. The summed E-state index contributed by atoms with van der Waals surface area (Å²) in [5.41, 5.74) is 2.17. The predicted octanol–water partition coefficient (Wildman–Crippen LogP) is 4.17. The third-order valence-electron chi connectivity index (χ3n) is 5.80. The van der Waals surface area contributed by atoms with E-state index < -0.39 is 18.0 Å². The molecule has 0 spiro atoms. The lowest BCUT2D eigenvalue weighted by Crippen LogP contribution is -2.35. The van der Waals surface area contributed by atoms with Gasteiger partial charge in [-0.15, -0.1) is 5.10 Å². The van der Waals surface area contributed by atoms with E-state index in [0.717, 1.165) is 4.68 Å². The van der Waals surface area contributed by atoms with Gasteiger partial charge in [0.25, 0.3) is 5.56 Å². The third-order valence-corrected chi connectivity index (χ3v) is 6.30. The van der Waals surface area contributed by atoms with Crippen molar-refractivity contribution in [1.29, 1.82) is 5.26 Å². The van der Waals surface area contributed by atoms with Gasteiger partial charge in [-0.1, -0.05) is 59.6 Å². The average Bonchev–Trinajstić information content (AvgIpc) is 3.23. The van der Waals surface area contributed by atoms with Gasteiger partial charge in [-0.05, 0) is 53.1 Å². The number of nitrogens with zero attached hydrogens (tertiary/aromatic N) is 5. The number of benzene rings is 3. The van der Waals surface area contributed by atoms with E-state index >= 15 is 0 Å². The highest BCUT2D eigenvalue weighted by atomic mass is 35.5. The van der Waals surface area contributed by atoms with E-state index in [4.69, 9.17) is 28.5 Å². The molecule has 2 heterocycles. The molecule has 2 aromatic heterocycles. The molecule has 0 aliphatic heterocycles. The van der Waals surface area contributed by atoms with Gasteiger partial charge in [0.15, 0.2) is 5.65 Å². The summed E-state index contributed by atoms with van der Waals surface area (Å²) >= 11 is 12.2. The van der Waals surface area contributed by atoms with E-state index in [0.29, 0.717) is 43.4 Å². The second-order valence-electron chi connectivity index (χ2n) is 7.99. The van der Waals surface area contributed by atoms with Crippen molar-refractivity contribution in [3.63, 3.8) is 0 Å². The van der Waals surface area contributed by atoms with Crippen LogP contribution in [0.15, 0.2) is 82.4 Å². The zero-order chi connectivity index (χ0) is 25.4. The molecule has 5 rings (SSSR count). The van der Waals surface area contributed by atoms with Crippen LogP contribution in [0, 0.1) is 11.3 Å². The molecule has 0 aliphatic rings. The van der Waals surface area contributed by atoms with Crippen LogP contribution >= 0.6 is 23.2 Å². The smallest absolute Gasteiger partial charge is 0.367 e. The first-order valence-electron chi connectivity index (χ1n) is 10.8. The van der Waals surface area contributed by atoms with Gasteiger partial charge in [0.2, 0.25) is 0 Å². The van der Waals surface area contributed by atoms with Crippen molar-refractivity contribution < 1.29 is 5.11 Å². The van der Waals surface area contributed by atoms with E-state index in [9.17, 15) is 14.7 Å². The Morgan fingerprint density at radius 2 is 1.39 bits per heavy atom. The normalized spacial score (nSPS) is 11.1. The second-order valence-corrected chi connectivity index (χ2v) is 8.87. The molecule has 0 amide bonds. The molecule has 0 unspecified atom stereocenters. The maximum Gasteiger partial charge on any atom is 0.367 e. The van der Waals surface area contributed by atoms with E-state index in [2.05, 4.69) is 11.2 Å². The average molecular weight is 518 g/mol.